The second kappa shape index (κ2) is 6.21. The first-order chi connectivity index (χ1) is 9.31. The van der Waals surface area contributed by atoms with Gasteiger partial charge in [-0.15, -0.1) is 0 Å². The number of pyridine rings is 1. The van der Waals surface area contributed by atoms with Crippen molar-refractivity contribution in [3.63, 3.8) is 0 Å². The molecule has 2 fully saturated rings. The van der Waals surface area contributed by atoms with E-state index >= 15 is 0 Å². The van der Waals surface area contributed by atoms with Crippen LogP contribution in [0.1, 0.15) is 31.2 Å². The van der Waals surface area contributed by atoms with Crippen LogP contribution in [0.2, 0.25) is 5.15 Å². The summed E-state index contributed by atoms with van der Waals surface area (Å²) >= 11 is 5.85. The molecule has 3 rings (SSSR count). The second-order valence-electron chi connectivity index (χ2n) is 5.86. The first-order valence-corrected chi connectivity index (χ1v) is 7.74. The zero-order chi connectivity index (χ0) is 13.1. The highest BCUT2D eigenvalue weighted by Crippen LogP contribution is 2.30. The van der Waals surface area contributed by atoms with Crippen LogP contribution in [0.4, 0.5) is 0 Å². The number of hydrogen-bond acceptors (Lipinski definition) is 3. The van der Waals surface area contributed by atoms with E-state index in [1.165, 1.54) is 50.9 Å². The lowest BCUT2D eigenvalue weighted by Crippen LogP contribution is -2.39. The van der Waals surface area contributed by atoms with Gasteiger partial charge in [-0.25, -0.2) is 4.98 Å². The number of nitrogens with zero attached hydrogens (tertiary/aromatic N) is 2. The molecule has 1 unspecified atom stereocenters. The highest BCUT2D eigenvalue weighted by molar-refractivity contribution is 6.29. The predicted molar refractivity (Wildman–Crippen MR) is 78.3 cm³/mol. The number of rotatable bonds is 5. The third-order valence-electron chi connectivity index (χ3n) is 4.13. The molecule has 1 aliphatic carbocycles. The van der Waals surface area contributed by atoms with E-state index in [1.54, 1.807) is 0 Å². The minimum Gasteiger partial charge on any atom is -0.316 e. The van der Waals surface area contributed by atoms with Gasteiger partial charge in [0.25, 0.3) is 0 Å². The van der Waals surface area contributed by atoms with E-state index < -0.39 is 0 Å². The van der Waals surface area contributed by atoms with Crippen LogP contribution in [0.25, 0.3) is 0 Å². The zero-order valence-corrected chi connectivity index (χ0v) is 12.1. The summed E-state index contributed by atoms with van der Waals surface area (Å²) in [7, 11) is 0. The Hall–Kier alpha value is -0.640. The van der Waals surface area contributed by atoms with E-state index in [0.29, 0.717) is 5.15 Å². The summed E-state index contributed by atoms with van der Waals surface area (Å²) in [6.07, 6.45) is 7.33. The van der Waals surface area contributed by atoms with Gasteiger partial charge in [0.05, 0.1) is 0 Å². The van der Waals surface area contributed by atoms with Gasteiger partial charge in [0.2, 0.25) is 0 Å². The Morgan fingerprint density at radius 1 is 1.32 bits per heavy atom. The first kappa shape index (κ1) is 13.3. The smallest absolute Gasteiger partial charge is 0.129 e. The summed E-state index contributed by atoms with van der Waals surface area (Å²) in [5.74, 6) is 0.814. The van der Waals surface area contributed by atoms with Crippen LogP contribution < -0.4 is 5.32 Å². The van der Waals surface area contributed by atoms with Gasteiger partial charge < -0.3 is 5.32 Å². The minimum atomic E-state index is 0.582. The standard InChI is InChI=1S/C15H22ClN3/c16-15-6-3-13(9-18-15)11-19(14-4-5-14)10-12-2-1-7-17-8-12/h3,6,9,12,14,17H,1-2,4-5,7-8,10-11H2. The fourth-order valence-corrected chi connectivity index (χ4v) is 3.04. The quantitative estimate of drug-likeness (QED) is 0.840. The molecule has 0 aromatic carbocycles. The Labute approximate surface area is 120 Å². The Morgan fingerprint density at radius 2 is 2.21 bits per heavy atom. The van der Waals surface area contributed by atoms with E-state index in [1.807, 2.05) is 12.3 Å². The molecule has 1 atom stereocenters. The van der Waals surface area contributed by atoms with E-state index in [9.17, 15) is 0 Å². The molecule has 2 heterocycles. The highest BCUT2D eigenvalue weighted by atomic mass is 35.5. The Balaban J connectivity index is 1.59. The molecular formula is C15H22ClN3. The number of hydrogen-bond donors (Lipinski definition) is 1. The fourth-order valence-electron chi connectivity index (χ4n) is 2.93. The van der Waals surface area contributed by atoms with Gasteiger partial charge in [0.1, 0.15) is 5.15 Å². The molecule has 0 spiro atoms. The average Bonchev–Trinajstić information content (AvgIpc) is 3.26. The number of piperidine rings is 1. The summed E-state index contributed by atoms with van der Waals surface area (Å²) in [6, 6.07) is 4.80. The second-order valence-corrected chi connectivity index (χ2v) is 6.25. The number of aromatic nitrogens is 1. The zero-order valence-electron chi connectivity index (χ0n) is 11.3. The molecule has 1 aromatic rings. The Kier molecular flexibility index (Phi) is 4.36. The van der Waals surface area contributed by atoms with Crippen molar-refractivity contribution < 1.29 is 0 Å². The molecule has 3 nitrogen and oxygen atoms in total. The van der Waals surface area contributed by atoms with Crippen LogP contribution >= 0.6 is 11.6 Å². The maximum Gasteiger partial charge on any atom is 0.129 e. The van der Waals surface area contributed by atoms with Crippen LogP contribution in [0, 0.1) is 5.92 Å². The largest absolute Gasteiger partial charge is 0.316 e. The van der Waals surface area contributed by atoms with Crippen molar-refractivity contribution in [3.05, 3.63) is 29.0 Å². The van der Waals surface area contributed by atoms with Crippen molar-refractivity contribution in [1.29, 1.82) is 0 Å². The lowest BCUT2D eigenvalue weighted by atomic mass is 9.99. The molecule has 4 heteroatoms. The summed E-state index contributed by atoms with van der Waals surface area (Å²) in [5.41, 5.74) is 1.28. The van der Waals surface area contributed by atoms with E-state index in [2.05, 4.69) is 21.3 Å². The van der Waals surface area contributed by atoms with Crippen molar-refractivity contribution in [1.82, 2.24) is 15.2 Å². The van der Waals surface area contributed by atoms with E-state index in [0.717, 1.165) is 18.5 Å². The van der Waals surface area contributed by atoms with Crippen molar-refractivity contribution in [3.8, 4) is 0 Å². The van der Waals surface area contributed by atoms with E-state index in [-0.39, 0.29) is 0 Å². The summed E-state index contributed by atoms with van der Waals surface area (Å²) in [6.45, 7) is 4.62. The van der Waals surface area contributed by atoms with Crippen molar-refractivity contribution in [2.45, 2.75) is 38.3 Å². The van der Waals surface area contributed by atoms with Gasteiger partial charge >= 0.3 is 0 Å². The number of nitrogens with one attached hydrogen (secondary N) is 1. The normalized spacial score (nSPS) is 23.8. The number of halogens is 1. The topological polar surface area (TPSA) is 28.2 Å². The highest BCUT2D eigenvalue weighted by Gasteiger charge is 2.30. The molecule has 0 amide bonds. The molecule has 2 aliphatic rings. The molecule has 0 bridgehead atoms. The summed E-state index contributed by atoms with van der Waals surface area (Å²) < 4.78 is 0. The fraction of sp³-hybridized carbons (Fsp3) is 0.667. The van der Waals surface area contributed by atoms with Gasteiger partial charge in [-0.3, -0.25) is 4.90 Å². The van der Waals surface area contributed by atoms with E-state index in [4.69, 9.17) is 11.6 Å². The van der Waals surface area contributed by atoms with Gasteiger partial charge in [0.15, 0.2) is 0 Å². The molecule has 104 valence electrons. The van der Waals surface area contributed by atoms with Crippen molar-refractivity contribution in [2.24, 2.45) is 5.92 Å². The summed E-state index contributed by atoms with van der Waals surface area (Å²) in [5, 5.41) is 4.10. The monoisotopic (exact) mass is 279 g/mol. The lowest BCUT2D eigenvalue weighted by Gasteiger charge is -2.30. The molecule has 1 aliphatic heterocycles. The van der Waals surface area contributed by atoms with Gasteiger partial charge in [-0.2, -0.15) is 0 Å². The van der Waals surface area contributed by atoms with Gasteiger partial charge in [0, 0.05) is 25.3 Å². The van der Waals surface area contributed by atoms with Crippen LogP contribution in [0.5, 0.6) is 0 Å². The lowest BCUT2D eigenvalue weighted by molar-refractivity contribution is 0.192. The Bertz CT molecular complexity index is 396. The minimum absolute atomic E-state index is 0.582. The van der Waals surface area contributed by atoms with Crippen LogP contribution in [0.3, 0.4) is 0 Å². The maximum atomic E-state index is 5.85. The van der Waals surface area contributed by atoms with Crippen molar-refractivity contribution >= 4 is 11.6 Å². The molecule has 1 saturated heterocycles. The van der Waals surface area contributed by atoms with Crippen molar-refractivity contribution in [2.75, 3.05) is 19.6 Å². The molecule has 0 radical (unpaired) electrons. The van der Waals surface area contributed by atoms with Crippen LogP contribution in [-0.4, -0.2) is 35.6 Å². The molecule has 1 N–H and O–H groups in total. The molecule has 19 heavy (non-hydrogen) atoms. The summed E-state index contributed by atoms with van der Waals surface area (Å²) in [4.78, 5) is 6.83. The molecular weight excluding hydrogens is 258 g/mol. The molecule has 1 aromatic heterocycles. The average molecular weight is 280 g/mol. The maximum absolute atomic E-state index is 5.85. The predicted octanol–water partition coefficient (Wildman–Crippen LogP) is 2.70. The van der Waals surface area contributed by atoms with Crippen LogP contribution in [-0.2, 0) is 6.54 Å². The van der Waals surface area contributed by atoms with Gasteiger partial charge in [-0.05, 0) is 56.3 Å². The van der Waals surface area contributed by atoms with Gasteiger partial charge in [-0.1, -0.05) is 17.7 Å². The Morgan fingerprint density at radius 3 is 2.84 bits per heavy atom. The third-order valence-corrected chi connectivity index (χ3v) is 4.35. The first-order valence-electron chi connectivity index (χ1n) is 7.36. The molecule has 1 saturated carbocycles. The SMILES string of the molecule is Clc1ccc(CN(CC2CCCNC2)C2CC2)cn1. The van der Waals surface area contributed by atoms with Crippen LogP contribution in [0.15, 0.2) is 18.3 Å². The third kappa shape index (κ3) is 3.91.